The summed E-state index contributed by atoms with van der Waals surface area (Å²) in [6.07, 6.45) is 6.10. The van der Waals surface area contributed by atoms with Crippen LogP contribution in [0.15, 0.2) is 6.33 Å². The molecule has 0 amide bonds. The Morgan fingerprint density at radius 2 is 2.45 bits per heavy atom. The summed E-state index contributed by atoms with van der Waals surface area (Å²) in [5.41, 5.74) is 6.35. The molecule has 1 aromatic heterocycles. The molecular formula is C14H25N5O. The van der Waals surface area contributed by atoms with E-state index in [4.69, 9.17) is 10.5 Å². The van der Waals surface area contributed by atoms with Gasteiger partial charge < -0.3 is 10.5 Å². The topological polar surface area (TPSA) is 69.2 Å². The molecule has 0 radical (unpaired) electrons. The average molecular weight is 279 g/mol. The van der Waals surface area contributed by atoms with Gasteiger partial charge >= 0.3 is 0 Å². The van der Waals surface area contributed by atoms with Crippen molar-refractivity contribution in [3.05, 3.63) is 12.2 Å². The molecule has 0 bridgehead atoms. The van der Waals surface area contributed by atoms with Crippen LogP contribution in [0, 0.1) is 0 Å². The predicted molar refractivity (Wildman–Crippen MR) is 76.3 cm³/mol. The molecule has 6 heteroatoms. The van der Waals surface area contributed by atoms with E-state index in [9.17, 15) is 0 Å². The Morgan fingerprint density at radius 1 is 1.55 bits per heavy atom. The van der Waals surface area contributed by atoms with E-state index in [1.807, 2.05) is 4.68 Å². The fourth-order valence-corrected chi connectivity index (χ4v) is 3.29. The third-order valence-electron chi connectivity index (χ3n) is 4.44. The molecule has 2 aliphatic rings. The van der Waals surface area contributed by atoms with Gasteiger partial charge in [-0.25, -0.2) is 4.98 Å². The van der Waals surface area contributed by atoms with Crippen LogP contribution in [-0.4, -0.2) is 57.5 Å². The molecule has 0 saturated carbocycles. The van der Waals surface area contributed by atoms with Crippen molar-refractivity contribution in [2.75, 3.05) is 19.7 Å². The molecule has 20 heavy (non-hydrogen) atoms. The van der Waals surface area contributed by atoms with E-state index in [1.54, 1.807) is 6.33 Å². The summed E-state index contributed by atoms with van der Waals surface area (Å²) < 4.78 is 7.94. The van der Waals surface area contributed by atoms with Gasteiger partial charge in [0, 0.05) is 31.6 Å². The Kier molecular flexibility index (Phi) is 4.33. The summed E-state index contributed by atoms with van der Waals surface area (Å²) in [6, 6.07) is 0.624. The van der Waals surface area contributed by atoms with Crippen LogP contribution in [0.25, 0.3) is 0 Å². The number of ether oxygens (including phenoxy) is 1. The zero-order chi connectivity index (χ0) is 13.9. The van der Waals surface area contributed by atoms with Crippen molar-refractivity contribution in [1.29, 1.82) is 0 Å². The fourth-order valence-electron chi connectivity index (χ4n) is 3.29. The molecule has 3 heterocycles. The van der Waals surface area contributed by atoms with Crippen LogP contribution < -0.4 is 5.73 Å². The van der Waals surface area contributed by atoms with Gasteiger partial charge in [-0.3, -0.25) is 9.58 Å². The first-order valence-electron chi connectivity index (χ1n) is 7.76. The third kappa shape index (κ3) is 2.87. The van der Waals surface area contributed by atoms with E-state index in [0.29, 0.717) is 6.04 Å². The van der Waals surface area contributed by atoms with E-state index < -0.39 is 0 Å². The maximum atomic E-state index is 6.35. The monoisotopic (exact) mass is 279 g/mol. The van der Waals surface area contributed by atoms with Gasteiger partial charge in [-0.15, -0.1) is 0 Å². The van der Waals surface area contributed by atoms with E-state index in [-0.39, 0.29) is 12.1 Å². The van der Waals surface area contributed by atoms with Gasteiger partial charge in [-0.2, -0.15) is 5.10 Å². The second-order valence-corrected chi connectivity index (χ2v) is 5.93. The number of aromatic nitrogens is 3. The third-order valence-corrected chi connectivity index (χ3v) is 4.44. The lowest BCUT2D eigenvalue weighted by Crippen LogP contribution is -2.53. The second kappa shape index (κ2) is 6.20. The number of fused-ring (bicyclic) bond motifs is 1. The van der Waals surface area contributed by atoms with Crippen LogP contribution in [0.1, 0.15) is 32.0 Å². The molecule has 2 fully saturated rings. The minimum atomic E-state index is -0.00337. The van der Waals surface area contributed by atoms with E-state index in [1.165, 1.54) is 19.4 Å². The molecule has 3 unspecified atom stereocenters. The Bertz CT molecular complexity index is 435. The highest BCUT2D eigenvalue weighted by Crippen LogP contribution is 2.23. The Hall–Kier alpha value is -0.980. The lowest BCUT2D eigenvalue weighted by atomic mass is 10.0. The SMILES string of the molecule is CCCn1ncnc1CC(N)C1CN2CCCC2CO1. The number of hydrogen-bond acceptors (Lipinski definition) is 5. The lowest BCUT2D eigenvalue weighted by molar-refractivity contribution is -0.0592. The molecule has 112 valence electrons. The van der Waals surface area contributed by atoms with E-state index >= 15 is 0 Å². The van der Waals surface area contributed by atoms with Crippen molar-refractivity contribution in [1.82, 2.24) is 19.7 Å². The first kappa shape index (κ1) is 14.0. The summed E-state index contributed by atoms with van der Waals surface area (Å²) in [7, 11) is 0. The van der Waals surface area contributed by atoms with E-state index in [0.717, 1.165) is 38.4 Å². The number of nitrogens with zero attached hydrogens (tertiary/aromatic N) is 4. The van der Waals surface area contributed by atoms with Gasteiger partial charge in [0.25, 0.3) is 0 Å². The zero-order valence-corrected chi connectivity index (χ0v) is 12.2. The summed E-state index contributed by atoms with van der Waals surface area (Å²) in [6.45, 7) is 6.04. The summed E-state index contributed by atoms with van der Waals surface area (Å²) in [5.74, 6) is 0.978. The minimum Gasteiger partial charge on any atom is -0.374 e. The Balaban J connectivity index is 1.58. The molecule has 1 aromatic rings. The quantitative estimate of drug-likeness (QED) is 0.846. The van der Waals surface area contributed by atoms with Gasteiger partial charge in [0.1, 0.15) is 12.2 Å². The molecular weight excluding hydrogens is 254 g/mol. The van der Waals surface area contributed by atoms with Crippen molar-refractivity contribution in [3.8, 4) is 0 Å². The molecule has 2 N–H and O–H groups in total. The van der Waals surface area contributed by atoms with Crippen molar-refractivity contribution in [2.24, 2.45) is 5.73 Å². The zero-order valence-electron chi connectivity index (χ0n) is 12.2. The average Bonchev–Trinajstić information content (AvgIpc) is 3.07. The molecule has 3 atom stereocenters. The number of aryl methyl sites for hydroxylation is 1. The number of rotatable bonds is 5. The van der Waals surface area contributed by atoms with Crippen molar-refractivity contribution >= 4 is 0 Å². The number of hydrogen-bond donors (Lipinski definition) is 1. The largest absolute Gasteiger partial charge is 0.374 e. The molecule has 0 spiro atoms. The number of morpholine rings is 1. The number of nitrogens with two attached hydrogens (primary N) is 1. The fraction of sp³-hybridized carbons (Fsp3) is 0.857. The highest BCUT2D eigenvalue weighted by molar-refractivity contribution is 4.95. The Labute approximate surface area is 120 Å². The first-order chi connectivity index (χ1) is 9.78. The predicted octanol–water partition coefficient (Wildman–Crippen LogP) is 0.421. The summed E-state index contributed by atoms with van der Waals surface area (Å²) >= 11 is 0. The smallest absolute Gasteiger partial charge is 0.138 e. The van der Waals surface area contributed by atoms with Gasteiger partial charge in [0.2, 0.25) is 0 Å². The molecule has 2 saturated heterocycles. The summed E-state index contributed by atoms with van der Waals surface area (Å²) in [5, 5.41) is 4.26. The van der Waals surface area contributed by atoms with Crippen LogP contribution in [0.2, 0.25) is 0 Å². The van der Waals surface area contributed by atoms with Gasteiger partial charge in [-0.1, -0.05) is 6.92 Å². The van der Waals surface area contributed by atoms with Gasteiger partial charge in [0.05, 0.1) is 12.7 Å². The van der Waals surface area contributed by atoms with Crippen molar-refractivity contribution in [2.45, 2.75) is 57.3 Å². The van der Waals surface area contributed by atoms with Gasteiger partial charge in [-0.05, 0) is 25.8 Å². The highest BCUT2D eigenvalue weighted by atomic mass is 16.5. The standard InChI is InChI=1S/C14H25N5O/c1-2-5-19-14(16-10-17-19)7-12(15)13-8-18-6-3-4-11(18)9-20-13/h10-13H,2-9,15H2,1H3. The molecule has 0 aliphatic carbocycles. The maximum absolute atomic E-state index is 6.35. The van der Waals surface area contributed by atoms with Crippen LogP contribution >= 0.6 is 0 Å². The highest BCUT2D eigenvalue weighted by Gasteiger charge is 2.35. The van der Waals surface area contributed by atoms with Crippen LogP contribution in [0.4, 0.5) is 0 Å². The van der Waals surface area contributed by atoms with Crippen LogP contribution in [0.3, 0.4) is 0 Å². The summed E-state index contributed by atoms with van der Waals surface area (Å²) in [4.78, 5) is 6.87. The van der Waals surface area contributed by atoms with Crippen molar-refractivity contribution in [3.63, 3.8) is 0 Å². The van der Waals surface area contributed by atoms with Gasteiger partial charge in [0.15, 0.2) is 0 Å². The maximum Gasteiger partial charge on any atom is 0.138 e. The molecule has 2 aliphatic heterocycles. The minimum absolute atomic E-state index is 0.00337. The van der Waals surface area contributed by atoms with Crippen LogP contribution in [-0.2, 0) is 17.7 Å². The Morgan fingerprint density at radius 3 is 3.30 bits per heavy atom. The second-order valence-electron chi connectivity index (χ2n) is 5.93. The molecule has 6 nitrogen and oxygen atoms in total. The molecule has 3 rings (SSSR count). The molecule has 0 aromatic carbocycles. The first-order valence-corrected chi connectivity index (χ1v) is 7.76. The van der Waals surface area contributed by atoms with E-state index in [2.05, 4.69) is 21.9 Å². The normalized spacial score (nSPS) is 28.5. The van der Waals surface area contributed by atoms with Crippen molar-refractivity contribution < 1.29 is 4.74 Å². The lowest BCUT2D eigenvalue weighted by Gasteiger charge is -2.37. The van der Waals surface area contributed by atoms with Crippen LogP contribution in [0.5, 0.6) is 0 Å².